The van der Waals surface area contributed by atoms with Gasteiger partial charge in [-0.15, -0.1) is 5.92 Å². The summed E-state index contributed by atoms with van der Waals surface area (Å²) in [5.74, 6) is 5.80. The van der Waals surface area contributed by atoms with Crippen LogP contribution in [0.15, 0.2) is 0 Å². The summed E-state index contributed by atoms with van der Waals surface area (Å²) in [6.07, 6.45) is 1.13. The molecule has 0 saturated carbocycles. The Bertz CT molecular complexity index is 139. The molecule has 0 bridgehead atoms. The third-order valence-electron chi connectivity index (χ3n) is 1.59. The summed E-state index contributed by atoms with van der Waals surface area (Å²) >= 11 is 0. The van der Waals surface area contributed by atoms with Crippen molar-refractivity contribution < 1.29 is 4.74 Å². The first-order valence-electron chi connectivity index (χ1n) is 3.64. The van der Waals surface area contributed by atoms with Crippen molar-refractivity contribution in [3.63, 3.8) is 0 Å². The average Bonchev–Trinajstić information content (AvgIpc) is 2.41. The molecule has 56 valence electrons. The number of rotatable bonds is 2. The molecule has 1 N–H and O–H groups in total. The Kier molecular flexibility index (Phi) is 3.28. The molecular weight excluding hydrogens is 126 g/mol. The van der Waals surface area contributed by atoms with E-state index in [0.29, 0.717) is 6.04 Å². The first-order chi connectivity index (χ1) is 4.93. The standard InChI is InChI=1S/C8H13NO/c1-2-3-5-9-8-4-6-10-7-8/h8-9H,4-7H2,1H3. The van der Waals surface area contributed by atoms with Gasteiger partial charge in [-0.2, -0.15) is 0 Å². The van der Waals surface area contributed by atoms with Gasteiger partial charge in [-0.25, -0.2) is 0 Å². The van der Waals surface area contributed by atoms with Crippen LogP contribution >= 0.6 is 0 Å². The van der Waals surface area contributed by atoms with Crippen molar-refractivity contribution in [2.75, 3.05) is 19.8 Å². The van der Waals surface area contributed by atoms with Crippen LogP contribution in [0.5, 0.6) is 0 Å². The number of hydrogen-bond donors (Lipinski definition) is 1. The maximum absolute atomic E-state index is 5.18. The summed E-state index contributed by atoms with van der Waals surface area (Å²) < 4.78 is 5.18. The molecule has 0 amide bonds. The fourth-order valence-electron chi connectivity index (χ4n) is 0.979. The van der Waals surface area contributed by atoms with E-state index in [0.717, 1.165) is 26.2 Å². The third-order valence-corrected chi connectivity index (χ3v) is 1.59. The Labute approximate surface area is 62.0 Å². The zero-order chi connectivity index (χ0) is 7.23. The smallest absolute Gasteiger partial charge is 0.0620 e. The highest BCUT2D eigenvalue weighted by Gasteiger charge is 2.12. The Balaban J connectivity index is 2.05. The molecule has 0 radical (unpaired) electrons. The van der Waals surface area contributed by atoms with E-state index >= 15 is 0 Å². The summed E-state index contributed by atoms with van der Waals surface area (Å²) in [4.78, 5) is 0. The molecule has 0 aromatic carbocycles. The molecule has 10 heavy (non-hydrogen) atoms. The second-order valence-electron chi connectivity index (χ2n) is 2.37. The molecule has 0 aromatic heterocycles. The van der Waals surface area contributed by atoms with Crippen molar-refractivity contribution >= 4 is 0 Å². The van der Waals surface area contributed by atoms with E-state index in [9.17, 15) is 0 Å². The maximum Gasteiger partial charge on any atom is 0.0620 e. The molecule has 0 aromatic rings. The molecule has 1 saturated heterocycles. The minimum atomic E-state index is 0.542. The van der Waals surface area contributed by atoms with E-state index in [-0.39, 0.29) is 0 Å². The van der Waals surface area contributed by atoms with Gasteiger partial charge in [0, 0.05) is 12.6 Å². The molecule has 2 nitrogen and oxygen atoms in total. The summed E-state index contributed by atoms with van der Waals surface area (Å²) in [7, 11) is 0. The molecule has 1 atom stereocenters. The van der Waals surface area contributed by atoms with Crippen LogP contribution in [0.2, 0.25) is 0 Å². The molecule has 0 spiro atoms. The van der Waals surface area contributed by atoms with Crippen LogP contribution < -0.4 is 5.32 Å². The fraction of sp³-hybridized carbons (Fsp3) is 0.750. The van der Waals surface area contributed by atoms with E-state index in [1.807, 2.05) is 6.92 Å². The van der Waals surface area contributed by atoms with Gasteiger partial charge in [0.2, 0.25) is 0 Å². The van der Waals surface area contributed by atoms with Gasteiger partial charge in [0.15, 0.2) is 0 Å². The molecule has 1 aliphatic rings. The van der Waals surface area contributed by atoms with Gasteiger partial charge in [0.05, 0.1) is 13.2 Å². The van der Waals surface area contributed by atoms with Crippen LogP contribution in [0, 0.1) is 11.8 Å². The molecule has 2 heteroatoms. The van der Waals surface area contributed by atoms with Crippen LogP contribution in [-0.4, -0.2) is 25.8 Å². The lowest BCUT2D eigenvalue weighted by molar-refractivity contribution is 0.190. The van der Waals surface area contributed by atoms with Crippen LogP contribution in [-0.2, 0) is 4.74 Å². The minimum Gasteiger partial charge on any atom is -0.380 e. The molecule has 1 heterocycles. The van der Waals surface area contributed by atoms with Gasteiger partial charge in [0.1, 0.15) is 0 Å². The van der Waals surface area contributed by atoms with E-state index in [1.165, 1.54) is 0 Å². The van der Waals surface area contributed by atoms with E-state index < -0.39 is 0 Å². The molecule has 1 fully saturated rings. The Morgan fingerprint density at radius 2 is 2.60 bits per heavy atom. The lowest BCUT2D eigenvalue weighted by Gasteiger charge is -2.05. The van der Waals surface area contributed by atoms with Gasteiger partial charge < -0.3 is 10.1 Å². The topological polar surface area (TPSA) is 21.3 Å². The summed E-state index contributed by atoms with van der Waals surface area (Å²) in [6, 6.07) is 0.542. The predicted molar refractivity (Wildman–Crippen MR) is 40.7 cm³/mol. The Hall–Kier alpha value is -0.520. The number of nitrogens with one attached hydrogen (secondary N) is 1. The molecular formula is C8H13NO. The molecule has 1 aliphatic heterocycles. The van der Waals surface area contributed by atoms with Gasteiger partial charge >= 0.3 is 0 Å². The van der Waals surface area contributed by atoms with Crippen molar-refractivity contribution in [3.8, 4) is 11.8 Å². The highest BCUT2D eigenvalue weighted by molar-refractivity contribution is 4.97. The van der Waals surface area contributed by atoms with Crippen molar-refractivity contribution in [3.05, 3.63) is 0 Å². The van der Waals surface area contributed by atoms with Gasteiger partial charge in [-0.3, -0.25) is 0 Å². The molecule has 1 unspecified atom stereocenters. The average molecular weight is 139 g/mol. The first kappa shape index (κ1) is 7.59. The quantitative estimate of drug-likeness (QED) is 0.559. The highest BCUT2D eigenvalue weighted by atomic mass is 16.5. The molecule has 0 aliphatic carbocycles. The van der Waals surface area contributed by atoms with Gasteiger partial charge in [0.25, 0.3) is 0 Å². The monoisotopic (exact) mass is 139 g/mol. The highest BCUT2D eigenvalue weighted by Crippen LogP contribution is 2.01. The first-order valence-corrected chi connectivity index (χ1v) is 3.64. The van der Waals surface area contributed by atoms with Crippen LogP contribution in [0.1, 0.15) is 13.3 Å². The summed E-state index contributed by atoms with van der Waals surface area (Å²) in [5, 5.41) is 3.28. The lowest BCUT2D eigenvalue weighted by atomic mass is 10.3. The van der Waals surface area contributed by atoms with E-state index in [1.54, 1.807) is 0 Å². The van der Waals surface area contributed by atoms with Crippen LogP contribution in [0.4, 0.5) is 0 Å². The second kappa shape index (κ2) is 4.32. The van der Waals surface area contributed by atoms with Crippen LogP contribution in [0.25, 0.3) is 0 Å². The largest absolute Gasteiger partial charge is 0.380 e. The summed E-state index contributed by atoms with van der Waals surface area (Å²) in [5.41, 5.74) is 0. The van der Waals surface area contributed by atoms with Gasteiger partial charge in [-0.1, -0.05) is 5.92 Å². The van der Waals surface area contributed by atoms with Crippen LogP contribution in [0.3, 0.4) is 0 Å². The SMILES string of the molecule is CC#CCNC1CCOC1. The number of hydrogen-bond acceptors (Lipinski definition) is 2. The minimum absolute atomic E-state index is 0.542. The summed E-state index contributed by atoms with van der Waals surface area (Å²) in [6.45, 7) is 4.40. The van der Waals surface area contributed by atoms with E-state index in [4.69, 9.17) is 4.74 Å². The van der Waals surface area contributed by atoms with Crippen molar-refractivity contribution in [2.45, 2.75) is 19.4 Å². The second-order valence-corrected chi connectivity index (χ2v) is 2.37. The van der Waals surface area contributed by atoms with E-state index in [2.05, 4.69) is 17.2 Å². The maximum atomic E-state index is 5.18. The zero-order valence-corrected chi connectivity index (χ0v) is 6.31. The van der Waals surface area contributed by atoms with Crippen molar-refractivity contribution in [1.29, 1.82) is 0 Å². The Morgan fingerprint density at radius 3 is 3.20 bits per heavy atom. The van der Waals surface area contributed by atoms with Crippen molar-refractivity contribution in [1.82, 2.24) is 5.32 Å². The Morgan fingerprint density at radius 1 is 1.70 bits per heavy atom. The third kappa shape index (κ3) is 2.38. The molecule has 1 rings (SSSR count). The fourth-order valence-corrected chi connectivity index (χ4v) is 0.979. The van der Waals surface area contributed by atoms with Crippen molar-refractivity contribution in [2.24, 2.45) is 0 Å². The normalized spacial score (nSPS) is 23.9. The van der Waals surface area contributed by atoms with Gasteiger partial charge in [-0.05, 0) is 13.3 Å². The number of ether oxygens (including phenoxy) is 1. The predicted octanol–water partition coefficient (Wildman–Crippen LogP) is 0.388. The zero-order valence-electron chi connectivity index (χ0n) is 6.31. The lowest BCUT2D eigenvalue weighted by Crippen LogP contribution is -2.29.